The minimum atomic E-state index is -0.243. The average molecular weight is 275 g/mol. The lowest BCUT2D eigenvalue weighted by Crippen LogP contribution is -2.34. The Labute approximate surface area is 119 Å². The van der Waals surface area contributed by atoms with Gasteiger partial charge in [-0.1, -0.05) is 19.3 Å². The van der Waals surface area contributed by atoms with E-state index in [1.165, 1.54) is 19.3 Å². The molecule has 0 spiro atoms. The van der Waals surface area contributed by atoms with E-state index in [1.54, 1.807) is 6.07 Å². The Morgan fingerprint density at radius 2 is 2.05 bits per heavy atom. The molecule has 2 aliphatic rings. The molecule has 1 aliphatic carbocycles. The molecule has 0 unspecified atom stereocenters. The maximum atomic E-state index is 11.4. The number of nitrogens with one attached hydrogen (secondary N) is 1. The first kappa shape index (κ1) is 13.2. The summed E-state index contributed by atoms with van der Waals surface area (Å²) in [6.45, 7) is 0.877. The molecule has 1 aliphatic heterocycles. The Morgan fingerprint density at radius 1 is 1.30 bits per heavy atom. The lowest BCUT2D eigenvalue weighted by atomic mass is 9.93. The van der Waals surface area contributed by atoms with E-state index in [-0.39, 0.29) is 10.6 Å². The van der Waals surface area contributed by atoms with Crippen molar-refractivity contribution in [2.75, 3.05) is 23.8 Å². The largest absolute Gasteiger partial charge is 0.384 e. The van der Waals surface area contributed by atoms with E-state index in [0.717, 1.165) is 42.7 Å². The number of hydrogen-bond acceptors (Lipinski definition) is 4. The van der Waals surface area contributed by atoms with E-state index in [1.807, 2.05) is 13.1 Å². The third-order valence-corrected chi connectivity index (χ3v) is 4.62. The maximum Gasteiger partial charge on any atom is 0.292 e. The summed E-state index contributed by atoms with van der Waals surface area (Å²) in [5.41, 5.74) is 3.27. The van der Waals surface area contributed by atoms with Crippen molar-refractivity contribution in [1.82, 2.24) is 0 Å². The van der Waals surface area contributed by atoms with Gasteiger partial charge in [-0.05, 0) is 25.3 Å². The van der Waals surface area contributed by atoms with Gasteiger partial charge in [-0.25, -0.2) is 0 Å². The van der Waals surface area contributed by atoms with Gasteiger partial charge in [0.2, 0.25) is 0 Å². The summed E-state index contributed by atoms with van der Waals surface area (Å²) < 4.78 is 0. The zero-order chi connectivity index (χ0) is 14.1. The Kier molecular flexibility index (Phi) is 3.51. The first-order valence-corrected chi connectivity index (χ1v) is 7.45. The minimum absolute atomic E-state index is 0.243. The molecule has 1 saturated carbocycles. The highest BCUT2D eigenvalue weighted by atomic mass is 16.6. The van der Waals surface area contributed by atoms with Gasteiger partial charge in [0.15, 0.2) is 0 Å². The van der Waals surface area contributed by atoms with E-state index in [9.17, 15) is 10.1 Å². The topological polar surface area (TPSA) is 58.4 Å². The molecule has 0 aromatic heterocycles. The number of benzene rings is 1. The van der Waals surface area contributed by atoms with E-state index in [2.05, 4.69) is 10.2 Å². The fraction of sp³-hybridized carbons (Fsp3) is 0.600. The van der Waals surface area contributed by atoms with Crippen molar-refractivity contribution in [3.63, 3.8) is 0 Å². The number of nitrogens with zero attached hydrogens (tertiary/aromatic N) is 2. The smallest absolute Gasteiger partial charge is 0.292 e. The van der Waals surface area contributed by atoms with Crippen LogP contribution in [0.3, 0.4) is 0 Å². The fourth-order valence-corrected chi connectivity index (χ4v) is 3.56. The number of nitro groups is 1. The second-order valence-corrected chi connectivity index (χ2v) is 5.80. The van der Waals surface area contributed by atoms with Crippen LogP contribution in [-0.2, 0) is 6.42 Å². The van der Waals surface area contributed by atoms with Crippen molar-refractivity contribution in [3.05, 3.63) is 27.8 Å². The van der Waals surface area contributed by atoms with Crippen LogP contribution >= 0.6 is 0 Å². The Morgan fingerprint density at radius 3 is 2.75 bits per heavy atom. The molecular formula is C15H21N3O2. The van der Waals surface area contributed by atoms with Gasteiger partial charge in [0, 0.05) is 37.0 Å². The molecule has 1 fully saturated rings. The molecule has 1 heterocycles. The van der Waals surface area contributed by atoms with Gasteiger partial charge >= 0.3 is 0 Å². The predicted octanol–water partition coefficient (Wildman–Crippen LogP) is 3.33. The molecule has 0 saturated heterocycles. The van der Waals surface area contributed by atoms with Gasteiger partial charge in [0.1, 0.15) is 5.69 Å². The van der Waals surface area contributed by atoms with Crippen LogP contribution in [-0.4, -0.2) is 24.6 Å². The quantitative estimate of drug-likeness (QED) is 0.679. The van der Waals surface area contributed by atoms with Crippen LogP contribution in [0.5, 0.6) is 0 Å². The van der Waals surface area contributed by atoms with Crippen molar-refractivity contribution in [2.45, 2.75) is 44.6 Å². The molecule has 5 heteroatoms. The van der Waals surface area contributed by atoms with Gasteiger partial charge in [-0.2, -0.15) is 0 Å². The average Bonchev–Trinajstić information content (AvgIpc) is 2.94. The van der Waals surface area contributed by atoms with Crippen molar-refractivity contribution in [1.29, 1.82) is 0 Å². The van der Waals surface area contributed by atoms with Gasteiger partial charge in [0.05, 0.1) is 4.92 Å². The van der Waals surface area contributed by atoms with Crippen LogP contribution in [0.4, 0.5) is 17.1 Å². The van der Waals surface area contributed by atoms with Crippen LogP contribution in [0.2, 0.25) is 0 Å². The van der Waals surface area contributed by atoms with E-state index >= 15 is 0 Å². The lowest BCUT2D eigenvalue weighted by Gasteiger charge is -2.33. The number of anilines is 2. The van der Waals surface area contributed by atoms with Crippen LogP contribution in [0, 0.1) is 10.1 Å². The molecule has 0 atom stereocenters. The fourth-order valence-electron chi connectivity index (χ4n) is 3.56. The summed E-state index contributed by atoms with van der Waals surface area (Å²) in [5.74, 6) is 0. The second-order valence-electron chi connectivity index (χ2n) is 5.80. The molecule has 20 heavy (non-hydrogen) atoms. The summed E-state index contributed by atoms with van der Waals surface area (Å²) in [4.78, 5) is 13.3. The monoisotopic (exact) mass is 275 g/mol. The lowest BCUT2D eigenvalue weighted by molar-refractivity contribution is -0.384. The highest BCUT2D eigenvalue weighted by Gasteiger charge is 2.29. The van der Waals surface area contributed by atoms with Crippen molar-refractivity contribution in [2.24, 2.45) is 0 Å². The van der Waals surface area contributed by atoms with Crippen LogP contribution < -0.4 is 10.2 Å². The van der Waals surface area contributed by atoms with E-state index < -0.39 is 0 Å². The van der Waals surface area contributed by atoms with Gasteiger partial charge in [-0.15, -0.1) is 0 Å². The molecule has 1 N–H and O–H groups in total. The number of rotatable bonds is 3. The summed E-state index contributed by atoms with van der Waals surface area (Å²) in [7, 11) is 2.02. The highest BCUT2D eigenvalue weighted by molar-refractivity contribution is 5.78. The molecule has 1 aromatic rings. The van der Waals surface area contributed by atoms with E-state index in [0.29, 0.717) is 6.04 Å². The van der Waals surface area contributed by atoms with Crippen LogP contribution in [0.1, 0.15) is 37.7 Å². The first-order valence-electron chi connectivity index (χ1n) is 7.45. The minimum Gasteiger partial charge on any atom is -0.384 e. The normalized spacial score (nSPS) is 18.4. The number of hydrogen-bond donors (Lipinski definition) is 1. The molecule has 3 rings (SSSR count). The zero-order valence-corrected chi connectivity index (χ0v) is 11.9. The molecule has 108 valence electrons. The molecule has 0 radical (unpaired) electrons. The number of nitro benzene ring substituents is 1. The van der Waals surface area contributed by atoms with Crippen LogP contribution in [0.15, 0.2) is 12.1 Å². The Hall–Kier alpha value is -1.78. The third kappa shape index (κ3) is 2.21. The summed E-state index contributed by atoms with van der Waals surface area (Å²) in [6, 6.07) is 3.93. The highest BCUT2D eigenvalue weighted by Crippen LogP contribution is 2.41. The van der Waals surface area contributed by atoms with Crippen molar-refractivity contribution < 1.29 is 4.92 Å². The summed E-state index contributed by atoms with van der Waals surface area (Å²) in [5, 5.41) is 14.7. The Balaban J connectivity index is 2.01. The van der Waals surface area contributed by atoms with Crippen molar-refractivity contribution in [3.8, 4) is 0 Å². The molecular weight excluding hydrogens is 254 g/mol. The first-order chi connectivity index (χ1) is 9.68. The van der Waals surface area contributed by atoms with Gasteiger partial charge in [0.25, 0.3) is 5.69 Å². The molecule has 0 bridgehead atoms. The summed E-state index contributed by atoms with van der Waals surface area (Å²) >= 11 is 0. The molecule has 0 amide bonds. The molecule has 5 nitrogen and oxygen atoms in total. The predicted molar refractivity (Wildman–Crippen MR) is 80.6 cm³/mol. The Bertz CT molecular complexity index is 524. The van der Waals surface area contributed by atoms with Crippen molar-refractivity contribution >= 4 is 17.1 Å². The SMILES string of the molecule is CN(c1c([N+](=O)[O-])ccc2c1CCN2)C1CCCCC1. The van der Waals surface area contributed by atoms with Crippen LogP contribution in [0.25, 0.3) is 0 Å². The van der Waals surface area contributed by atoms with Gasteiger partial charge < -0.3 is 10.2 Å². The standard InChI is InChI=1S/C15H21N3O2/c1-17(11-5-3-2-4-6-11)15-12-9-10-16-13(12)7-8-14(15)18(19)20/h7-8,11,16H,2-6,9-10H2,1H3. The molecule has 1 aromatic carbocycles. The zero-order valence-electron chi connectivity index (χ0n) is 11.9. The van der Waals surface area contributed by atoms with E-state index in [4.69, 9.17) is 0 Å². The van der Waals surface area contributed by atoms with Gasteiger partial charge in [-0.3, -0.25) is 10.1 Å². The second kappa shape index (κ2) is 5.31. The maximum absolute atomic E-state index is 11.4. The third-order valence-electron chi connectivity index (χ3n) is 4.62. The number of fused-ring (bicyclic) bond motifs is 1. The summed E-state index contributed by atoms with van der Waals surface area (Å²) in [6.07, 6.45) is 6.92.